The van der Waals surface area contributed by atoms with Crippen molar-refractivity contribution in [3.8, 4) is 5.75 Å². The lowest BCUT2D eigenvalue weighted by atomic mass is 10.0. The van der Waals surface area contributed by atoms with Gasteiger partial charge in [0.2, 0.25) is 0 Å². The second-order valence-electron chi connectivity index (χ2n) is 5.45. The normalized spacial score (nSPS) is 16.7. The van der Waals surface area contributed by atoms with E-state index in [1.165, 1.54) is 36.0 Å². The van der Waals surface area contributed by atoms with E-state index in [0.717, 1.165) is 12.2 Å². The molecule has 0 saturated heterocycles. The van der Waals surface area contributed by atoms with E-state index in [1.807, 2.05) is 0 Å². The molecule has 0 fully saturated rings. The Hall–Kier alpha value is -1.32. The molecule has 1 aliphatic rings. The van der Waals surface area contributed by atoms with E-state index in [2.05, 4.69) is 41.9 Å². The van der Waals surface area contributed by atoms with E-state index in [4.69, 9.17) is 10.5 Å². The smallest absolute Gasteiger partial charge is 0.140 e. The zero-order chi connectivity index (χ0) is 13.9. The van der Waals surface area contributed by atoms with Crippen LogP contribution in [-0.2, 0) is 12.8 Å². The summed E-state index contributed by atoms with van der Waals surface area (Å²) in [6.45, 7) is 2.11. The van der Waals surface area contributed by atoms with Gasteiger partial charge in [0, 0.05) is 11.6 Å². The molecule has 2 N–H and O–H groups in total. The maximum absolute atomic E-state index is 6.25. The number of aryl methyl sites for hydroxylation is 2. The lowest BCUT2D eigenvalue weighted by molar-refractivity contribution is 0.171. The minimum absolute atomic E-state index is 0.0258. The van der Waals surface area contributed by atoms with E-state index in [1.54, 1.807) is 11.3 Å². The summed E-state index contributed by atoms with van der Waals surface area (Å²) in [5.74, 6) is 0.950. The van der Waals surface area contributed by atoms with Gasteiger partial charge in [-0.3, -0.25) is 0 Å². The fourth-order valence-electron chi connectivity index (χ4n) is 2.82. The minimum atomic E-state index is -0.0503. The Morgan fingerprint density at radius 3 is 2.85 bits per heavy atom. The van der Waals surface area contributed by atoms with Crippen molar-refractivity contribution in [2.24, 2.45) is 5.73 Å². The molecule has 1 aromatic heterocycles. The summed E-state index contributed by atoms with van der Waals surface area (Å²) in [5.41, 5.74) is 10.4. The number of benzene rings is 1. The van der Waals surface area contributed by atoms with Crippen molar-refractivity contribution in [3.63, 3.8) is 0 Å². The van der Waals surface area contributed by atoms with Crippen molar-refractivity contribution >= 4 is 11.3 Å². The number of hydrogen-bond acceptors (Lipinski definition) is 3. The summed E-state index contributed by atoms with van der Waals surface area (Å²) in [6.07, 6.45) is 4.51. The number of ether oxygens (including phenoxy) is 1. The highest BCUT2D eigenvalue weighted by molar-refractivity contribution is 7.07. The molecule has 0 bridgehead atoms. The van der Waals surface area contributed by atoms with Crippen LogP contribution >= 0.6 is 11.3 Å². The number of rotatable bonds is 5. The minimum Gasteiger partial charge on any atom is -0.484 e. The van der Waals surface area contributed by atoms with Crippen LogP contribution in [0.4, 0.5) is 0 Å². The molecule has 2 aromatic rings. The van der Waals surface area contributed by atoms with E-state index in [-0.39, 0.29) is 12.1 Å². The summed E-state index contributed by atoms with van der Waals surface area (Å²) in [7, 11) is 0. The number of hydrogen-bond donors (Lipinski definition) is 1. The van der Waals surface area contributed by atoms with Crippen molar-refractivity contribution in [3.05, 3.63) is 51.7 Å². The van der Waals surface area contributed by atoms with Crippen molar-refractivity contribution in [1.29, 1.82) is 0 Å². The van der Waals surface area contributed by atoms with Crippen LogP contribution in [0.3, 0.4) is 0 Å². The van der Waals surface area contributed by atoms with Crippen molar-refractivity contribution < 1.29 is 4.74 Å². The van der Waals surface area contributed by atoms with Crippen LogP contribution in [0.1, 0.15) is 42.6 Å². The van der Waals surface area contributed by atoms with E-state index in [9.17, 15) is 0 Å². The van der Waals surface area contributed by atoms with Gasteiger partial charge in [0.1, 0.15) is 11.9 Å². The first-order valence-electron chi connectivity index (χ1n) is 7.34. The molecule has 20 heavy (non-hydrogen) atoms. The third-order valence-electron chi connectivity index (χ3n) is 4.06. The molecule has 0 aliphatic heterocycles. The molecule has 1 aromatic carbocycles. The largest absolute Gasteiger partial charge is 0.484 e. The molecular formula is C17H21NOS. The third-order valence-corrected chi connectivity index (χ3v) is 4.77. The maximum atomic E-state index is 6.25. The Bertz CT molecular complexity index is 564. The SMILES string of the molecule is CCC(N)C(Oc1ccc2c(c1)CCC2)c1ccsc1. The van der Waals surface area contributed by atoms with E-state index in [0.29, 0.717) is 0 Å². The first-order chi connectivity index (χ1) is 9.78. The molecule has 3 rings (SSSR count). The first kappa shape index (κ1) is 13.7. The standard InChI is InChI=1S/C17H21NOS/c1-2-16(18)17(14-8-9-20-11-14)19-15-7-6-12-4-3-5-13(12)10-15/h6-11,16-17H,2-5,18H2,1H3. The molecule has 2 atom stereocenters. The van der Waals surface area contributed by atoms with Gasteiger partial charge >= 0.3 is 0 Å². The Morgan fingerprint density at radius 2 is 2.10 bits per heavy atom. The van der Waals surface area contributed by atoms with Crippen LogP contribution in [0.2, 0.25) is 0 Å². The van der Waals surface area contributed by atoms with Gasteiger partial charge in [0.25, 0.3) is 0 Å². The van der Waals surface area contributed by atoms with Gasteiger partial charge < -0.3 is 10.5 Å². The fraction of sp³-hybridized carbons (Fsp3) is 0.412. The topological polar surface area (TPSA) is 35.2 Å². The summed E-state index contributed by atoms with van der Waals surface area (Å²) in [6, 6.07) is 8.63. The first-order valence-corrected chi connectivity index (χ1v) is 8.28. The summed E-state index contributed by atoms with van der Waals surface area (Å²) in [4.78, 5) is 0. The molecule has 106 valence electrons. The second-order valence-corrected chi connectivity index (χ2v) is 6.23. The van der Waals surface area contributed by atoms with Gasteiger partial charge in [0.05, 0.1) is 0 Å². The van der Waals surface area contributed by atoms with Crippen LogP contribution in [0.25, 0.3) is 0 Å². The molecule has 0 spiro atoms. The van der Waals surface area contributed by atoms with Crippen molar-refractivity contribution in [2.75, 3.05) is 0 Å². The molecule has 2 nitrogen and oxygen atoms in total. The van der Waals surface area contributed by atoms with Crippen molar-refractivity contribution in [1.82, 2.24) is 0 Å². The number of nitrogens with two attached hydrogens (primary N) is 1. The third kappa shape index (κ3) is 2.74. The highest BCUT2D eigenvalue weighted by atomic mass is 32.1. The molecule has 2 unspecified atom stereocenters. The number of fused-ring (bicyclic) bond motifs is 1. The summed E-state index contributed by atoms with van der Waals surface area (Å²) >= 11 is 1.69. The molecule has 0 amide bonds. The molecular weight excluding hydrogens is 266 g/mol. The van der Waals surface area contributed by atoms with Crippen LogP contribution < -0.4 is 10.5 Å². The highest BCUT2D eigenvalue weighted by Gasteiger charge is 2.21. The Balaban J connectivity index is 1.83. The summed E-state index contributed by atoms with van der Waals surface area (Å²) < 4.78 is 6.22. The van der Waals surface area contributed by atoms with Crippen LogP contribution in [0.5, 0.6) is 5.75 Å². The molecule has 3 heteroatoms. The maximum Gasteiger partial charge on any atom is 0.140 e. The van der Waals surface area contributed by atoms with Crippen LogP contribution in [0, 0.1) is 0 Å². The predicted octanol–water partition coefficient (Wildman–Crippen LogP) is 4.09. The van der Waals surface area contributed by atoms with Gasteiger partial charge in [-0.15, -0.1) is 0 Å². The lowest BCUT2D eigenvalue weighted by Crippen LogP contribution is -2.31. The van der Waals surface area contributed by atoms with Crippen LogP contribution in [0.15, 0.2) is 35.0 Å². The zero-order valence-electron chi connectivity index (χ0n) is 11.8. The lowest BCUT2D eigenvalue weighted by Gasteiger charge is -2.24. The number of thiophene rings is 1. The highest BCUT2D eigenvalue weighted by Crippen LogP contribution is 2.31. The van der Waals surface area contributed by atoms with Crippen LogP contribution in [-0.4, -0.2) is 6.04 Å². The van der Waals surface area contributed by atoms with Gasteiger partial charge in [-0.1, -0.05) is 13.0 Å². The fourth-order valence-corrected chi connectivity index (χ4v) is 3.51. The van der Waals surface area contributed by atoms with Gasteiger partial charge in [-0.2, -0.15) is 11.3 Å². The molecule has 1 aliphatic carbocycles. The van der Waals surface area contributed by atoms with Gasteiger partial charge in [0.15, 0.2) is 0 Å². The quantitative estimate of drug-likeness (QED) is 0.898. The molecule has 1 heterocycles. The summed E-state index contributed by atoms with van der Waals surface area (Å²) in [5, 5.41) is 4.21. The second kappa shape index (κ2) is 5.98. The zero-order valence-corrected chi connectivity index (χ0v) is 12.7. The van der Waals surface area contributed by atoms with Crippen molar-refractivity contribution in [2.45, 2.75) is 44.8 Å². The van der Waals surface area contributed by atoms with Gasteiger partial charge in [-0.25, -0.2) is 0 Å². The predicted molar refractivity (Wildman–Crippen MR) is 84.4 cm³/mol. The average molecular weight is 287 g/mol. The van der Waals surface area contributed by atoms with E-state index >= 15 is 0 Å². The van der Waals surface area contributed by atoms with Gasteiger partial charge in [-0.05, 0) is 65.8 Å². The molecule has 0 saturated carbocycles. The molecule has 0 radical (unpaired) electrons. The van der Waals surface area contributed by atoms with E-state index < -0.39 is 0 Å². The Labute approximate surface area is 124 Å². The Morgan fingerprint density at radius 1 is 1.25 bits per heavy atom. The average Bonchev–Trinajstić information content (AvgIpc) is 3.14. The Kier molecular flexibility index (Phi) is 4.08. The monoisotopic (exact) mass is 287 g/mol.